The van der Waals surface area contributed by atoms with Crippen molar-refractivity contribution >= 4 is 0 Å². The van der Waals surface area contributed by atoms with Crippen molar-refractivity contribution in [2.45, 2.75) is 79.6 Å². The molecular weight excluding hydrogens is 228 g/mol. The van der Waals surface area contributed by atoms with E-state index >= 15 is 0 Å². The highest BCUT2D eigenvalue weighted by Gasteiger charge is 2.25. The first-order valence-electron chi connectivity index (χ1n) is 7.81. The van der Waals surface area contributed by atoms with Crippen LogP contribution >= 0.6 is 0 Å². The minimum Gasteiger partial charge on any atom is -0.0648 e. The zero-order chi connectivity index (χ0) is 14.8. The average molecular weight is 260 g/mol. The molecule has 0 amide bonds. The van der Waals surface area contributed by atoms with Crippen molar-refractivity contribution in [3.8, 4) is 0 Å². The Labute approximate surface area is 120 Å². The highest BCUT2D eigenvalue weighted by atomic mass is 14.3. The minimum atomic E-state index is 0.332. The Balaban J connectivity index is 3.33. The van der Waals surface area contributed by atoms with Crippen LogP contribution in [0.25, 0.3) is 0 Å². The monoisotopic (exact) mass is 260 g/mol. The van der Waals surface area contributed by atoms with E-state index in [4.69, 9.17) is 0 Å². The topological polar surface area (TPSA) is 0 Å². The Kier molecular flexibility index (Phi) is 5.24. The van der Waals surface area contributed by atoms with Gasteiger partial charge in [0.05, 0.1) is 0 Å². The van der Waals surface area contributed by atoms with Crippen molar-refractivity contribution < 1.29 is 0 Å². The third-order valence-corrected chi connectivity index (χ3v) is 4.19. The molecule has 0 saturated carbocycles. The molecule has 1 rings (SSSR count). The van der Waals surface area contributed by atoms with Crippen LogP contribution < -0.4 is 0 Å². The number of hydrogen-bond acceptors (Lipinski definition) is 0. The Morgan fingerprint density at radius 2 is 1.16 bits per heavy atom. The number of benzene rings is 1. The summed E-state index contributed by atoms with van der Waals surface area (Å²) in [5, 5.41) is 0. The standard InChI is InChI=1S/C19H32/c1-9-18(19(6,7)8)17-11-15(13(2)3)10-16(12-17)14(4)5/h10-14,18H,9H2,1-8H3. The van der Waals surface area contributed by atoms with Crippen molar-refractivity contribution in [2.24, 2.45) is 5.41 Å². The van der Waals surface area contributed by atoms with E-state index in [1.807, 2.05) is 0 Å². The summed E-state index contributed by atoms with van der Waals surface area (Å²) in [5.74, 6) is 1.86. The summed E-state index contributed by atoms with van der Waals surface area (Å²) in [7, 11) is 0. The van der Waals surface area contributed by atoms with Gasteiger partial charge in [-0.1, -0.05) is 73.6 Å². The van der Waals surface area contributed by atoms with Gasteiger partial charge < -0.3 is 0 Å². The fourth-order valence-electron chi connectivity index (χ4n) is 2.92. The molecule has 108 valence electrons. The summed E-state index contributed by atoms with van der Waals surface area (Å²) >= 11 is 0. The predicted molar refractivity (Wildman–Crippen MR) is 87.1 cm³/mol. The van der Waals surface area contributed by atoms with Gasteiger partial charge in [0.15, 0.2) is 0 Å². The fraction of sp³-hybridized carbons (Fsp3) is 0.684. The van der Waals surface area contributed by atoms with Crippen molar-refractivity contribution in [3.63, 3.8) is 0 Å². The van der Waals surface area contributed by atoms with Crippen molar-refractivity contribution in [2.75, 3.05) is 0 Å². The van der Waals surface area contributed by atoms with E-state index in [2.05, 4.69) is 73.6 Å². The van der Waals surface area contributed by atoms with Gasteiger partial charge in [0.25, 0.3) is 0 Å². The Hall–Kier alpha value is -0.780. The molecule has 0 saturated heterocycles. The van der Waals surface area contributed by atoms with Gasteiger partial charge in [0, 0.05) is 0 Å². The maximum absolute atomic E-state index is 2.44. The Bertz CT molecular complexity index is 378. The summed E-state index contributed by atoms with van der Waals surface area (Å²) in [6, 6.07) is 7.28. The van der Waals surface area contributed by atoms with Gasteiger partial charge >= 0.3 is 0 Å². The molecule has 1 aromatic rings. The summed E-state index contributed by atoms with van der Waals surface area (Å²) < 4.78 is 0. The first-order chi connectivity index (χ1) is 8.66. The predicted octanol–water partition coefficient (Wildman–Crippen LogP) is 6.47. The molecular formula is C19H32. The van der Waals surface area contributed by atoms with Gasteiger partial charge in [-0.05, 0) is 46.3 Å². The fourth-order valence-corrected chi connectivity index (χ4v) is 2.92. The molecule has 0 heterocycles. The second-order valence-corrected chi connectivity index (χ2v) is 7.57. The van der Waals surface area contributed by atoms with Crippen molar-refractivity contribution in [3.05, 3.63) is 34.9 Å². The molecule has 0 N–H and O–H groups in total. The molecule has 0 heteroatoms. The van der Waals surface area contributed by atoms with Crippen LogP contribution in [0.3, 0.4) is 0 Å². The molecule has 19 heavy (non-hydrogen) atoms. The SMILES string of the molecule is CCC(c1cc(C(C)C)cc(C(C)C)c1)C(C)(C)C. The summed E-state index contributed by atoms with van der Waals surface area (Å²) in [6.45, 7) is 18.6. The Morgan fingerprint density at radius 1 is 0.789 bits per heavy atom. The smallest absolute Gasteiger partial charge is 0.0116 e. The van der Waals surface area contributed by atoms with Gasteiger partial charge in [-0.15, -0.1) is 0 Å². The molecule has 0 fully saturated rings. The molecule has 0 aliphatic heterocycles. The summed E-state index contributed by atoms with van der Waals surface area (Å²) in [4.78, 5) is 0. The van der Waals surface area contributed by atoms with E-state index in [1.165, 1.54) is 23.1 Å². The van der Waals surface area contributed by atoms with Gasteiger partial charge in [0.2, 0.25) is 0 Å². The van der Waals surface area contributed by atoms with E-state index in [9.17, 15) is 0 Å². The van der Waals surface area contributed by atoms with Crippen LogP contribution in [-0.2, 0) is 0 Å². The van der Waals surface area contributed by atoms with Gasteiger partial charge in [-0.3, -0.25) is 0 Å². The lowest BCUT2D eigenvalue weighted by Gasteiger charge is -2.31. The van der Waals surface area contributed by atoms with Crippen LogP contribution in [0.5, 0.6) is 0 Å². The van der Waals surface area contributed by atoms with Crippen molar-refractivity contribution in [1.82, 2.24) is 0 Å². The zero-order valence-corrected chi connectivity index (χ0v) is 14.2. The molecule has 0 aliphatic rings. The second-order valence-electron chi connectivity index (χ2n) is 7.57. The quantitative estimate of drug-likeness (QED) is 0.581. The lowest BCUT2D eigenvalue weighted by molar-refractivity contribution is 0.312. The van der Waals surface area contributed by atoms with Crippen LogP contribution in [0, 0.1) is 5.41 Å². The third-order valence-electron chi connectivity index (χ3n) is 4.19. The maximum atomic E-state index is 2.44. The lowest BCUT2D eigenvalue weighted by atomic mass is 9.73. The third kappa shape index (κ3) is 4.09. The molecule has 0 aliphatic carbocycles. The van der Waals surface area contributed by atoms with E-state index in [1.54, 1.807) is 0 Å². The first kappa shape index (κ1) is 16.3. The molecule has 0 radical (unpaired) electrons. The highest BCUT2D eigenvalue weighted by molar-refractivity contribution is 5.36. The van der Waals surface area contributed by atoms with Crippen LogP contribution in [0.4, 0.5) is 0 Å². The van der Waals surface area contributed by atoms with Gasteiger partial charge in [-0.25, -0.2) is 0 Å². The van der Waals surface area contributed by atoms with Crippen LogP contribution in [0.2, 0.25) is 0 Å². The lowest BCUT2D eigenvalue weighted by Crippen LogP contribution is -2.18. The van der Waals surface area contributed by atoms with Gasteiger partial charge in [-0.2, -0.15) is 0 Å². The van der Waals surface area contributed by atoms with Crippen LogP contribution in [-0.4, -0.2) is 0 Å². The van der Waals surface area contributed by atoms with E-state index in [0.29, 0.717) is 23.2 Å². The van der Waals surface area contributed by atoms with E-state index in [-0.39, 0.29) is 0 Å². The van der Waals surface area contributed by atoms with Gasteiger partial charge in [0.1, 0.15) is 0 Å². The molecule has 1 unspecified atom stereocenters. The second kappa shape index (κ2) is 6.11. The minimum absolute atomic E-state index is 0.332. The summed E-state index contributed by atoms with van der Waals surface area (Å²) in [6.07, 6.45) is 1.21. The molecule has 0 aromatic heterocycles. The molecule has 1 aromatic carbocycles. The first-order valence-corrected chi connectivity index (χ1v) is 7.81. The zero-order valence-electron chi connectivity index (χ0n) is 14.2. The van der Waals surface area contributed by atoms with E-state index in [0.717, 1.165) is 0 Å². The molecule has 0 nitrogen and oxygen atoms in total. The maximum Gasteiger partial charge on any atom is -0.0116 e. The highest BCUT2D eigenvalue weighted by Crippen LogP contribution is 2.39. The molecule has 0 bridgehead atoms. The molecule has 0 spiro atoms. The normalized spacial score (nSPS) is 14.2. The number of rotatable bonds is 4. The summed E-state index contributed by atoms with van der Waals surface area (Å²) in [5.41, 5.74) is 4.84. The van der Waals surface area contributed by atoms with Crippen molar-refractivity contribution in [1.29, 1.82) is 0 Å². The van der Waals surface area contributed by atoms with E-state index < -0.39 is 0 Å². The van der Waals surface area contributed by atoms with Crippen LogP contribution in [0.1, 0.15) is 96.3 Å². The van der Waals surface area contributed by atoms with Crippen LogP contribution in [0.15, 0.2) is 18.2 Å². The largest absolute Gasteiger partial charge is 0.0648 e. The Morgan fingerprint density at radius 3 is 1.42 bits per heavy atom. The number of hydrogen-bond donors (Lipinski definition) is 0. The average Bonchev–Trinajstić information content (AvgIpc) is 2.27. The molecule has 1 atom stereocenters.